The number of hydrogen-bond acceptors (Lipinski definition) is 0. The van der Waals surface area contributed by atoms with E-state index < -0.39 is 7.58 Å². The molecular formula is C7H7AlI2. The van der Waals surface area contributed by atoms with Crippen LogP contribution in [0, 0.1) is 6.92 Å². The third-order valence-corrected chi connectivity index (χ3v) is 6.47. The van der Waals surface area contributed by atoms with Crippen molar-refractivity contribution in [3.8, 4) is 0 Å². The molecule has 3 heteroatoms. The molecule has 0 atom stereocenters. The van der Waals surface area contributed by atoms with Crippen LogP contribution >= 0.6 is 40.5 Å². The fraction of sp³-hybridized carbons (Fsp3) is 0.143. The van der Waals surface area contributed by atoms with Gasteiger partial charge in [0.25, 0.3) is 0 Å². The molecule has 0 amide bonds. The molecule has 0 aliphatic rings. The van der Waals surface area contributed by atoms with Crippen molar-refractivity contribution in [3.05, 3.63) is 29.8 Å². The molecule has 0 saturated carbocycles. The lowest BCUT2D eigenvalue weighted by Crippen LogP contribution is -2.15. The van der Waals surface area contributed by atoms with Crippen LogP contribution in [0.15, 0.2) is 24.3 Å². The predicted octanol–water partition coefficient (Wildman–Crippen LogP) is 2.56. The molecule has 0 unspecified atom stereocenters. The number of rotatable bonds is 1. The van der Waals surface area contributed by atoms with Gasteiger partial charge in [-0.05, 0) is 6.92 Å². The standard InChI is InChI=1S/C7H7.Al.2HI/c1-7-5-3-2-4-6-7;;;/h2-3,5-6H,1H3;;2*1H/q;+2;;/p-2. The maximum atomic E-state index is 2.55. The molecule has 0 heterocycles. The number of halogens is 2. The number of aryl methyl sites for hydroxylation is 1. The van der Waals surface area contributed by atoms with E-state index in [1.54, 1.807) is 4.43 Å². The van der Waals surface area contributed by atoms with E-state index in [-0.39, 0.29) is 0 Å². The molecule has 0 aliphatic heterocycles. The van der Waals surface area contributed by atoms with Crippen molar-refractivity contribution in [1.82, 2.24) is 0 Å². The van der Waals surface area contributed by atoms with Gasteiger partial charge in [0.1, 0.15) is 0 Å². The normalized spacial score (nSPS) is 9.50. The average Bonchev–Trinajstić information content (AvgIpc) is 1.88. The summed E-state index contributed by atoms with van der Waals surface area (Å²) in [6.07, 6.45) is 0. The van der Waals surface area contributed by atoms with E-state index in [9.17, 15) is 0 Å². The molecule has 0 bridgehead atoms. The van der Waals surface area contributed by atoms with Gasteiger partial charge in [0.2, 0.25) is 0 Å². The smallest absolute Gasteiger partial charge is 0.183 e. The zero-order chi connectivity index (χ0) is 7.56. The highest BCUT2D eigenvalue weighted by Crippen LogP contribution is 2.05. The summed E-state index contributed by atoms with van der Waals surface area (Å²) in [5.74, 6) is 0. The molecule has 1 aromatic carbocycles. The van der Waals surface area contributed by atoms with Gasteiger partial charge in [-0.15, -0.1) is 0 Å². The van der Waals surface area contributed by atoms with Crippen molar-refractivity contribution in [2.75, 3.05) is 0 Å². The Bertz CT molecular complexity index is 223. The van der Waals surface area contributed by atoms with Crippen LogP contribution in [-0.2, 0) is 0 Å². The summed E-state index contributed by atoms with van der Waals surface area (Å²) in [6, 6.07) is 8.80. The van der Waals surface area contributed by atoms with E-state index in [0.29, 0.717) is 0 Å². The molecule has 0 aromatic heterocycles. The summed E-state index contributed by atoms with van der Waals surface area (Å²) >= 11 is 5.10. The minimum Gasteiger partial charge on any atom is -0.183 e. The summed E-state index contributed by atoms with van der Waals surface area (Å²) in [5, 5.41) is 0. The van der Waals surface area contributed by atoms with Crippen molar-refractivity contribution in [1.29, 1.82) is 0 Å². The highest BCUT2D eigenvalue weighted by molar-refractivity contribution is 14.3. The maximum Gasteiger partial charge on any atom is 0.481 e. The fourth-order valence-electron chi connectivity index (χ4n) is 0.806. The van der Waals surface area contributed by atoms with Gasteiger partial charge in [0.05, 0.1) is 0 Å². The first-order chi connectivity index (χ1) is 4.70. The molecule has 0 spiro atoms. The van der Waals surface area contributed by atoms with Gasteiger partial charge >= 0.3 is 7.58 Å². The predicted molar refractivity (Wildman–Crippen MR) is 64.6 cm³/mol. The average molecular weight is 372 g/mol. The third kappa shape index (κ3) is 2.68. The highest BCUT2D eigenvalue weighted by Gasteiger charge is 2.10. The summed E-state index contributed by atoms with van der Waals surface area (Å²) in [4.78, 5) is 0. The molecule has 0 fully saturated rings. The van der Waals surface area contributed by atoms with Crippen molar-refractivity contribution in [2.45, 2.75) is 6.92 Å². The second kappa shape index (κ2) is 4.29. The topological polar surface area (TPSA) is 0 Å². The summed E-state index contributed by atoms with van der Waals surface area (Å²) in [6.45, 7) is 2.15. The lowest BCUT2D eigenvalue weighted by atomic mass is 10.2. The summed E-state index contributed by atoms with van der Waals surface area (Å²) in [5.41, 5.74) is 1.38. The van der Waals surface area contributed by atoms with E-state index in [4.69, 9.17) is 0 Å². The van der Waals surface area contributed by atoms with E-state index >= 15 is 0 Å². The second-order valence-corrected chi connectivity index (χ2v) is 18.1. The molecule has 0 radical (unpaired) electrons. The van der Waals surface area contributed by atoms with Crippen LogP contribution in [-0.4, -0.2) is 7.58 Å². The van der Waals surface area contributed by atoms with Gasteiger partial charge in [-0.3, -0.25) is 0 Å². The van der Waals surface area contributed by atoms with Crippen molar-refractivity contribution in [3.63, 3.8) is 0 Å². The zero-order valence-electron chi connectivity index (χ0n) is 5.64. The quantitative estimate of drug-likeness (QED) is 0.526. The largest absolute Gasteiger partial charge is 0.481 e. The monoisotopic (exact) mass is 372 g/mol. The van der Waals surface area contributed by atoms with E-state index in [2.05, 4.69) is 71.7 Å². The molecular weight excluding hydrogens is 365 g/mol. The van der Waals surface area contributed by atoms with Crippen LogP contribution in [0.25, 0.3) is 0 Å². The molecule has 0 N–H and O–H groups in total. The van der Waals surface area contributed by atoms with Gasteiger partial charge in [0, 0.05) is 0 Å². The van der Waals surface area contributed by atoms with Crippen LogP contribution in [0.3, 0.4) is 0 Å². The molecule has 0 nitrogen and oxygen atoms in total. The molecule has 1 aromatic rings. The molecule has 0 aliphatic carbocycles. The molecule has 1 rings (SSSR count). The second-order valence-electron chi connectivity index (χ2n) is 2.21. The van der Waals surface area contributed by atoms with Crippen LogP contribution in [0.1, 0.15) is 5.56 Å². The van der Waals surface area contributed by atoms with Gasteiger partial charge < -0.3 is 0 Å². The van der Waals surface area contributed by atoms with Crippen LogP contribution in [0.5, 0.6) is 0 Å². The van der Waals surface area contributed by atoms with Gasteiger partial charge in [0.15, 0.2) is 0 Å². The zero-order valence-corrected chi connectivity index (χ0v) is 11.1. The highest BCUT2D eigenvalue weighted by atomic mass is 127. The van der Waals surface area contributed by atoms with E-state index in [1.807, 2.05) is 0 Å². The first-order valence-corrected chi connectivity index (χ1v) is 12.0. The number of benzene rings is 1. The Labute approximate surface area is 88.1 Å². The minimum absolute atomic E-state index is 0.617. The summed E-state index contributed by atoms with van der Waals surface area (Å²) < 4.78 is 1.54. The minimum atomic E-state index is -0.617. The van der Waals surface area contributed by atoms with Gasteiger partial charge in [-0.25, -0.2) is 0 Å². The fourth-order valence-corrected chi connectivity index (χ4v) is 3.78. The van der Waals surface area contributed by atoms with E-state index in [0.717, 1.165) is 0 Å². The van der Waals surface area contributed by atoms with Crippen LogP contribution in [0.4, 0.5) is 0 Å². The Morgan fingerprint density at radius 2 is 2.00 bits per heavy atom. The summed E-state index contributed by atoms with van der Waals surface area (Å²) in [7, 11) is -0.617. The molecule has 0 saturated heterocycles. The lowest BCUT2D eigenvalue weighted by molar-refractivity contribution is 1.50. The van der Waals surface area contributed by atoms with Crippen molar-refractivity contribution < 1.29 is 0 Å². The molecule has 10 heavy (non-hydrogen) atoms. The lowest BCUT2D eigenvalue weighted by Gasteiger charge is -1.97. The van der Waals surface area contributed by atoms with Gasteiger partial charge in [-0.2, -0.15) is 40.5 Å². The SMILES string of the molecule is Cc1ccc[c]([Al]([I])[I])c1. The van der Waals surface area contributed by atoms with Crippen LogP contribution < -0.4 is 4.43 Å². The maximum absolute atomic E-state index is 2.55. The Balaban J connectivity index is 2.96. The molecule has 52 valence electrons. The Kier molecular flexibility index (Phi) is 3.99. The third-order valence-electron chi connectivity index (χ3n) is 1.29. The van der Waals surface area contributed by atoms with Crippen molar-refractivity contribution >= 4 is 52.6 Å². The van der Waals surface area contributed by atoms with Crippen molar-refractivity contribution in [2.24, 2.45) is 0 Å². The van der Waals surface area contributed by atoms with E-state index in [1.165, 1.54) is 5.56 Å². The Morgan fingerprint density at radius 1 is 1.30 bits per heavy atom. The van der Waals surface area contributed by atoms with Gasteiger partial charge in [-0.1, -0.05) is 34.3 Å². The van der Waals surface area contributed by atoms with Crippen LogP contribution in [0.2, 0.25) is 0 Å². The Morgan fingerprint density at radius 3 is 2.40 bits per heavy atom. The number of hydrogen-bond donors (Lipinski definition) is 0. The first kappa shape index (κ1) is 9.30. The first-order valence-electron chi connectivity index (χ1n) is 3.05. The Hall–Kier alpha value is 1.21.